The second-order valence-electron chi connectivity index (χ2n) is 3.41. The highest BCUT2D eigenvalue weighted by atomic mass is 19.1. The number of aryl methyl sites for hydroxylation is 1. The monoisotopic (exact) mass is 216 g/mol. The molecule has 0 radical (unpaired) electrons. The van der Waals surface area contributed by atoms with E-state index in [2.05, 4.69) is 9.97 Å². The molecule has 16 heavy (non-hydrogen) atoms. The van der Waals surface area contributed by atoms with Crippen LogP contribution >= 0.6 is 0 Å². The first-order valence-corrected chi connectivity index (χ1v) is 4.75. The molecule has 1 heterocycles. The first-order chi connectivity index (χ1) is 7.68. The van der Waals surface area contributed by atoms with E-state index >= 15 is 0 Å². The summed E-state index contributed by atoms with van der Waals surface area (Å²) in [5.41, 5.74) is 1.07. The summed E-state index contributed by atoms with van der Waals surface area (Å²) < 4.78 is 13.4. The highest BCUT2D eigenvalue weighted by molar-refractivity contribution is 6.07. The molecule has 80 valence electrons. The van der Waals surface area contributed by atoms with E-state index in [9.17, 15) is 9.18 Å². The van der Waals surface area contributed by atoms with Gasteiger partial charge < -0.3 is 0 Å². The molecule has 0 atom stereocenters. The molecule has 0 fully saturated rings. The van der Waals surface area contributed by atoms with Gasteiger partial charge in [-0.2, -0.15) is 0 Å². The van der Waals surface area contributed by atoms with Gasteiger partial charge in [-0.05, 0) is 25.1 Å². The van der Waals surface area contributed by atoms with Crippen LogP contribution in [0.2, 0.25) is 0 Å². The summed E-state index contributed by atoms with van der Waals surface area (Å²) in [5, 5.41) is 0. The van der Waals surface area contributed by atoms with Crippen molar-refractivity contribution in [3.63, 3.8) is 0 Å². The molecule has 0 bridgehead atoms. The maximum absolute atomic E-state index is 13.4. The number of rotatable bonds is 2. The summed E-state index contributed by atoms with van der Waals surface area (Å²) in [5.74, 6) is -0.960. The van der Waals surface area contributed by atoms with Crippen molar-refractivity contribution in [2.75, 3.05) is 0 Å². The van der Waals surface area contributed by atoms with Crippen molar-refractivity contribution in [1.29, 1.82) is 0 Å². The molecule has 0 saturated carbocycles. The molecule has 3 nitrogen and oxygen atoms in total. The third kappa shape index (κ3) is 1.95. The molecule has 0 N–H and O–H groups in total. The van der Waals surface area contributed by atoms with Gasteiger partial charge in [0.1, 0.15) is 17.8 Å². The maximum Gasteiger partial charge on any atom is 0.214 e. The Morgan fingerprint density at radius 3 is 2.81 bits per heavy atom. The Kier molecular flexibility index (Phi) is 2.72. The molecule has 4 heteroatoms. The van der Waals surface area contributed by atoms with Gasteiger partial charge in [-0.3, -0.25) is 4.79 Å². The minimum absolute atomic E-state index is 0.0405. The fraction of sp³-hybridized carbons (Fsp3) is 0.0833. The van der Waals surface area contributed by atoms with Crippen molar-refractivity contribution in [2.24, 2.45) is 0 Å². The van der Waals surface area contributed by atoms with E-state index in [1.165, 1.54) is 30.7 Å². The molecule has 0 amide bonds. The van der Waals surface area contributed by atoms with E-state index in [1.54, 1.807) is 13.0 Å². The normalized spacial score (nSPS) is 10.1. The van der Waals surface area contributed by atoms with Gasteiger partial charge in [0, 0.05) is 6.20 Å². The number of hydrogen-bond acceptors (Lipinski definition) is 3. The smallest absolute Gasteiger partial charge is 0.214 e. The Balaban J connectivity index is 2.46. The predicted octanol–water partition coefficient (Wildman–Crippen LogP) is 2.16. The first kappa shape index (κ1) is 10.4. The zero-order valence-corrected chi connectivity index (χ0v) is 8.64. The van der Waals surface area contributed by atoms with Crippen LogP contribution in [0.15, 0.2) is 36.8 Å². The van der Waals surface area contributed by atoms with E-state index in [0.29, 0.717) is 0 Å². The van der Waals surface area contributed by atoms with Gasteiger partial charge in [0.05, 0.1) is 5.56 Å². The fourth-order valence-corrected chi connectivity index (χ4v) is 1.38. The van der Waals surface area contributed by atoms with Gasteiger partial charge in [0.15, 0.2) is 0 Å². The quantitative estimate of drug-likeness (QED) is 0.722. The third-order valence-electron chi connectivity index (χ3n) is 2.18. The predicted molar refractivity (Wildman–Crippen MR) is 56.6 cm³/mol. The molecule has 0 spiro atoms. The van der Waals surface area contributed by atoms with Crippen LogP contribution in [0.5, 0.6) is 0 Å². The molecule has 0 aliphatic rings. The number of nitrogens with zero attached hydrogens (tertiary/aromatic N) is 2. The second kappa shape index (κ2) is 4.18. The van der Waals surface area contributed by atoms with Crippen molar-refractivity contribution in [2.45, 2.75) is 6.92 Å². The minimum Gasteiger partial charge on any atom is -0.287 e. The zero-order valence-electron chi connectivity index (χ0n) is 8.64. The number of benzene rings is 1. The number of aromatic nitrogens is 2. The largest absolute Gasteiger partial charge is 0.287 e. The van der Waals surface area contributed by atoms with Gasteiger partial charge in [-0.15, -0.1) is 0 Å². The van der Waals surface area contributed by atoms with Crippen LogP contribution in [0, 0.1) is 12.7 Å². The molecule has 2 aromatic rings. The molecule has 0 unspecified atom stereocenters. The summed E-state index contributed by atoms with van der Waals surface area (Å²) in [7, 11) is 0. The maximum atomic E-state index is 13.4. The van der Waals surface area contributed by atoms with Gasteiger partial charge >= 0.3 is 0 Å². The van der Waals surface area contributed by atoms with E-state index < -0.39 is 11.6 Å². The van der Waals surface area contributed by atoms with E-state index in [1.807, 2.05) is 0 Å². The lowest BCUT2D eigenvalue weighted by atomic mass is 10.0. The molecule has 2 rings (SSSR count). The van der Waals surface area contributed by atoms with Crippen molar-refractivity contribution in [3.05, 3.63) is 59.4 Å². The molecular weight excluding hydrogens is 207 g/mol. The number of halogens is 1. The van der Waals surface area contributed by atoms with Gasteiger partial charge in [0.2, 0.25) is 5.78 Å². The Morgan fingerprint density at radius 2 is 2.12 bits per heavy atom. The molecule has 0 saturated heterocycles. The van der Waals surface area contributed by atoms with Crippen molar-refractivity contribution in [1.82, 2.24) is 9.97 Å². The third-order valence-corrected chi connectivity index (χ3v) is 2.18. The van der Waals surface area contributed by atoms with Crippen LogP contribution in [0.3, 0.4) is 0 Å². The molecular formula is C12H9FN2O. The first-order valence-electron chi connectivity index (χ1n) is 4.75. The lowest BCUT2D eigenvalue weighted by molar-refractivity contribution is 0.103. The van der Waals surface area contributed by atoms with Crippen molar-refractivity contribution >= 4 is 5.78 Å². The summed E-state index contributed by atoms with van der Waals surface area (Å²) in [6, 6.07) is 5.87. The summed E-state index contributed by atoms with van der Waals surface area (Å²) in [6.45, 7) is 1.80. The molecule has 1 aromatic heterocycles. The lowest BCUT2D eigenvalue weighted by Gasteiger charge is -2.02. The Hall–Kier alpha value is -2.10. The average molecular weight is 216 g/mol. The van der Waals surface area contributed by atoms with Crippen LogP contribution in [-0.4, -0.2) is 15.8 Å². The number of hydrogen-bond donors (Lipinski definition) is 0. The van der Waals surface area contributed by atoms with E-state index in [4.69, 9.17) is 0 Å². The van der Waals surface area contributed by atoms with Crippen LogP contribution in [0.4, 0.5) is 4.39 Å². The van der Waals surface area contributed by atoms with Crippen molar-refractivity contribution in [3.8, 4) is 0 Å². The lowest BCUT2D eigenvalue weighted by Crippen LogP contribution is -2.06. The highest BCUT2D eigenvalue weighted by Crippen LogP contribution is 2.13. The average Bonchev–Trinajstić information content (AvgIpc) is 2.32. The summed E-state index contributed by atoms with van der Waals surface area (Å²) in [4.78, 5) is 19.4. The van der Waals surface area contributed by atoms with Gasteiger partial charge in [0.25, 0.3) is 0 Å². The van der Waals surface area contributed by atoms with Gasteiger partial charge in [-0.25, -0.2) is 14.4 Å². The Morgan fingerprint density at radius 1 is 1.31 bits per heavy atom. The second-order valence-corrected chi connectivity index (χ2v) is 3.41. The van der Waals surface area contributed by atoms with Crippen LogP contribution in [0.1, 0.15) is 21.6 Å². The Bertz CT molecular complexity index is 526. The SMILES string of the molecule is Cc1ccc(F)c(C(=O)c2ccncn2)c1. The highest BCUT2D eigenvalue weighted by Gasteiger charge is 2.14. The van der Waals surface area contributed by atoms with Gasteiger partial charge in [-0.1, -0.05) is 11.6 Å². The van der Waals surface area contributed by atoms with E-state index in [-0.39, 0.29) is 11.3 Å². The molecule has 0 aliphatic carbocycles. The summed E-state index contributed by atoms with van der Waals surface area (Å²) >= 11 is 0. The Labute approximate surface area is 92.0 Å². The zero-order chi connectivity index (χ0) is 11.5. The van der Waals surface area contributed by atoms with Crippen LogP contribution < -0.4 is 0 Å². The number of ketones is 1. The van der Waals surface area contributed by atoms with Crippen LogP contribution in [-0.2, 0) is 0 Å². The number of carbonyl (C=O) groups excluding carboxylic acids is 1. The standard InChI is InChI=1S/C12H9FN2O/c1-8-2-3-10(13)9(6-8)12(16)11-4-5-14-7-15-11/h2-7H,1H3. The summed E-state index contributed by atoms with van der Waals surface area (Å²) in [6.07, 6.45) is 2.72. The van der Waals surface area contributed by atoms with Crippen molar-refractivity contribution < 1.29 is 9.18 Å². The van der Waals surface area contributed by atoms with E-state index in [0.717, 1.165) is 5.56 Å². The number of carbonyl (C=O) groups is 1. The fourth-order valence-electron chi connectivity index (χ4n) is 1.38. The van der Waals surface area contributed by atoms with Crippen LogP contribution in [0.25, 0.3) is 0 Å². The minimum atomic E-state index is -0.533. The topological polar surface area (TPSA) is 42.9 Å². The molecule has 1 aromatic carbocycles. The molecule has 0 aliphatic heterocycles.